The lowest BCUT2D eigenvalue weighted by atomic mass is 10.0. The molecule has 0 radical (unpaired) electrons. The maximum Gasteiger partial charge on any atom is 0.0184 e. The van der Waals surface area contributed by atoms with Crippen LogP contribution in [0.15, 0.2) is 0 Å². The van der Waals surface area contributed by atoms with Gasteiger partial charge in [-0.25, -0.2) is 0 Å². The van der Waals surface area contributed by atoms with E-state index in [0.29, 0.717) is 10.8 Å². The van der Waals surface area contributed by atoms with E-state index >= 15 is 0 Å². The molecule has 0 aromatic rings. The van der Waals surface area contributed by atoms with Gasteiger partial charge in [-0.15, -0.1) is 0 Å². The van der Waals surface area contributed by atoms with Crippen LogP contribution in [-0.4, -0.2) is 12.1 Å². The molecule has 0 bridgehead atoms. The van der Waals surface area contributed by atoms with Crippen molar-refractivity contribution in [2.24, 2.45) is 22.7 Å². The van der Waals surface area contributed by atoms with Gasteiger partial charge in [0.2, 0.25) is 0 Å². The molecular formula is C14H25N. The molecule has 0 heterocycles. The summed E-state index contributed by atoms with van der Waals surface area (Å²) in [6, 6.07) is 1.63. The zero-order chi connectivity index (χ0) is 10.8. The first kappa shape index (κ1) is 10.1. The minimum Gasteiger partial charge on any atom is -0.310 e. The third kappa shape index (κ3) is 1.46. The average molecular weight is 207 g/mol. The van der Waals surface area contributed by atoms with Gasteiger partial charge in [0, 0.05) is 12.1 Å². The summed E-state index contributed by atoms with van der Waals surface area (Å²) < 4.78 is 0. The summed E-state index contributed by atoms with van der Waals surface area (Å²) in [4.78, 5) is 0. The zero-order valence-corrected chi connectivity index (χ0v) is 10.6. The Hall–Kier alpha value is -0.0400. The fourth-order valence-electron chi connectivity index (χ4n) is 3.37. The third-order valence-corrected chi connectivity index (χ3v) is 5.64. The van der Waals surface area contributed by atoms with E-state index in [1.54, 1.807) is 0 Å². The largest absolute Gasteiger partial charge is 0.310 e. The van der Waals surface area contributed by atoms with E-state index in [0.717, 1.165) is 23.9 Å². The van der Waals surface area contributed by atoms with Crippen LogP contribution in [0.25, 0.3) is 0 Å². The molecule has 0 aromatic carbocycles. The highest BCUT2D eigenvalue weighted by Gasteiger charge is 2.65. The van der Waals surface area contributed by atoms with Crippen LogP contribution < -0.4 is 5.32 Å². The Kier molecular flexibility index (Phi) is 1.89. The van der Waals surface area contributed by atoms with Gasteiger partial charge in [0.25, 0.3) is 0 Å². The van der Waals surface area contributed by atoms with E-state index in [1.807, 2.05) is 0 Å². The van der Waals surface area contributed by atoms with Crippen molar-refractivity contribution in [3.8, 4) is 0 Å². The van der Waals surface area contributed by atoms with Crippen LogP contribution in [0.3, 0.4) is 0 Å². The molecular weight excluding hydrogens is 182 g/mol. The monoisotopic (exact) mass is 207 g/mol. The van der Waals surface area contributed by atoms with Gasteiger partial charge in [-0.1, -0.05) is 27.7 Å². The predicted molar refractivity (Wildman–Crippen MR) is 63.7 cm³/mol. The lowest BCUT2D eigenvalue weighted by Crippen LogP contribution is -2.37. The van der Waals surface area contributed by atoms with Gasteiger partial charge in [-0.2, -0.15) is 0 Å². The standard InChI is InChI=1S/C14H25N/c1-13(2)12(14(13,3)4)15-11(9-5-6-9)10-7-8-10/h9-12,15H,5-8H2,1-4H3. The molecule has 3 aliphatic carbocycles. The van der Waals surface area contributed by atoms with Crippen LogP contribution in [-0.2, 0) is 0 Å². The van der Waals surface area contributed by atoms with Gasteiger partial charge >= 0.3 is 0 Å². The smallest absolute Gasteiger partial charge is 0.0184 e. The highest BCUT2D eigenvalue weighted by Crippen LogP contribution is 2.63. The Labute approximate surface area is 94.0 Å². The third-order valence-electron chi connectivity index (χ3n) is 5.64. The zero-order valence-electron chi connectivity index (χ0n) is 10.6. The first-order valence-electron chi connectivity index (χ1n) is 6.70. The summed E-state index contributed by atoms with van der Waals surface area (Å²) in [5.41, 5.74) is 1.02. The van der Waals surface area contributed by atoms with E-state index in [9.17, 15) is 0 Å². The van der Waals surface area contributed by atoms with Crippen LogP contribution in [0.1, 0.15) is 53.4 Å². The molecule has 1 N–H and O–H groups in total. The number of hydrogen-bond donors (Lipinski definition) is 1. The summed E-state index contributed by atoms with van der Waals surface area (Å²) in [5.74, 6) is 2.06. The molecule has 0 spiro atoms. The van der Waals surface area contributed by atoms with Crippen molar-refractivity contribution in [1.29, 1.82) is 0 Å². The van der Waals surface area contributed by atoms with Gasteiger partial charge in [0.15, 0.2) is 0 Å². The van der Waals surface area contributed by atoms with Crippen molar-refractivity contribution < 1.29 is 0 Å². The van der Waals surface area contributed by atoms with Crippen molar-refractivity contribution in [3.63, 3.8) is 0 Å². The van der Waals surface area contributed by atoms with Crippen LogP contribution in [0.4, 0.5) is 0 Å². The van der Waals surface area contributed by atoms with Crippen LogP contribution >= 0.6 is 0 Å². The first-order valence-corrected chi connectivity index (χ1v) is 6.70. The highest BCUT2D eigenvalue weighted by molar-refractivity contribution is 5.19. The Bertz CT molecular complexity index is 245. The van der Waals surface area contributed by atoms with Gasteiger partial charge in [-0.3, -0.25) is 0 Å². The number of nitrogens with one attached hydrogen (secondary N) is 1. The van der Waals surface area contributed by atoms with E-state index < -0.39 is 0 Å². The molecule has 1 heteroatoms. The second-order valence-electron chi connectivity index (χ2n) is 7.24. The summed E-state index contributed by atoms with van der Waals surface area (Å²) in [6.07, 6.45) is 5.95. The molecule has 3 fully saturated rings. The molecule has 0 aliphatic heterocycles. The second kappa shape index (κ2) is 2.80. The van der Waals surface area contributed by atoms with Gasteiger partial charge in [-0.05, 0) is 48.3 Å². The molecule has 0 aromatic heterocycles. The fourth-order valence-corrected chi connectivity index (χ4v) is 3.37. The molecule has 0 amide bonds. The summed E-state index contributed by atoms with van der Waals surface area (Å²) >= 11 is 0. The topological polar surface area (TPSA) is 12.0 Å². The number of rotatable bonds is 4. The summed E-state index contributed by atoms with van der Waals surface area (Å²) in [6.45, 7) is 9.67. The van der Waals surface area contributed by atoms with Crippen molar-refractivity contribution in [2.45, 2.75) is 65.5 Å². The minimum atomic E-state index is 0.509. The van der Waals surface area contributed by atoms with Crippen LogP contribution in [0.2, 0.25) is 0 Å². The Morgan fingerprint density at radius 3 is 1.53 bits per heavy atom. The lowest BCUT2D eigenvalue weighted by Gasteiger charge is -2.19. The maximum atomic E-state index is 4.00. The van der Waals surface area contributed by atoms with Crippen LogP contribution in [0, 0.1) is 22.7 Å². The average Bonchev–Trinajstić information content (AvgIpc) is 2.99. The normalized spacial score (nSPS) is 33.4. The molecule has 86 valence electrons. The second-order valence-corrected chi connectivity index (χ2v) is 7.24. The van der Waals surface area contributed by atoms with Gasteiger partial charge < -0.3 is 5.32 Å². The molecule has 3 rings (SSSR count). The Morgan fingerprint density at radius 1 is 0.867 bits per heavy atom. The summed E-state index contributed by atoms with van der Waals surface area (Å²) in [7, 11) is 0. The van der Waals surface area contributed by atoms with E-state index in [4.69, 9.17) is 0 Å². The first-order chi connectivity index (χ1) is 6.94. The van der Waals surface area contributed by atoms with Crippen LogP contribution in [0.5, 0.6) is 0 Å². The fraction of sp³-hybridized carbons (Fsp3) is 1.00. The Balaban J connectivity index is 1.65. The highest BCUT2D eigenvalue weighted by atomic mass is 15.1. The predicted octanol–water partition coefficient (Wildman–Crippen LogP) is 3.20. The molecule has 3 aliphatic rings. The van der Waals surface area contributed by atoms with E-state index in [-0.39, 0.29) is 0 Å². The van der Waals surface area contributed by atoms with Gasteiger partial charge in [0.05, 0.1) is 0 Å². The van der Waals surface area contributed by atoms with Crippen molar-refractivity contribution in [3.05, 3.63) is 0 Å². The molecule has 15 heavy (non-hydrogen) atoms. The van der Waals surface area contributed by atoms with Crippen molar-refractivity contribution in [1.82, 2.24) is 5.32 Å². The van der Waals surface area contributed by atoms with Gasteiger partial charge in [0.1, 0.15) is 0 Å². The van der Waals surface area contributed by atoms with E-state index in [1.165, 1.54) is 25.7 Å². The minimum absolute atomic E-state index is 0.509. The van der Waals surface area contributed by atoms with E-state index in [2.05, 4.69) is 33.0 Å². The molecule has 0 atom stereocenters. The molecule has 0 saturated heterocycles. The maximum absolute atomic E-state index is 4.00. The molecule has 0 unspecified atom stereocenters. The molecule has 3 saturated carbocycles. The molecule has 1 nitrogen and oxygen atoms in total. The quantitative estimate of drug-likeness (QED) is 0.746. The number of hydrogen-bond acceptors (Lipinski definition) is 1. The van der Waals surface area contributed by atoms with Crippen molar-refractivity contribution in [2.75, 3.05) is 0 Å². The SMILES string of the molecule is CC1(C)C(NC(C2CC2)C2CC2)C1(C)C. The lowest BCUT2D eigenvalue weighted by molar-refractivity contribution is 0.384. The Morgan fingerprint density at radius 2 is 1.27 bits per heavy atom. The summed E-state index contributed by atoms with van der Waals surface area (Å²) in [5, 5.41) is 4.00. The van der Waals surface area contributed by atoms with Crippen molar-refractivity contribution >= 4 is 0 Å².